The Morgan fingerprint density at radius 3 is 3.00 bits per heavy atom. The summed E-state index contributed by atoms with van der Waals surface area (Å²) in [4.78, 5) is 0. The van der Waals surface area contributed by atoms with Crippen LogP contribution in [-0.2, 0) is 0 Å². The lowest BCUT2D eigenvalue weighted by molar-refractivity contribution is 0.769. The molecule has 0 bridgehead atoms. The molecule has 0 aromatic heterocycles. The monoisotopic (exact) mass is 94.1 g/mol. The molecule has 1 aliphatic rings. The zero-order chi connectivity index (χ0) is 5.11. The molecular weight excluding hydrogens is 88.1 g/mol. The third-order valence-electron chi connectivity index (χ3n) is 0.932. The molecule has 0 fully saturated rings. The van der Waals surface area contributed by atoms with Crippen LogP contribution >= 0.6 is 0 Å². The molecule has 2 heteroatoms. The van der Waals surface area contributed by atoms with Gasteiger partial charge in [-0.3, -0.25) is 0 Å². The Bertz CT molecular complexity index is 131. The van der Waals surface area contributed by atoms with Gasteiger partial charge in [0.05, 0.1) is 6.04 Å². The fraction of sp³-hybridized carbons (Fsp3) is 0.400. The molecule has 0 aliphatic heterocycles. The molecule has 2 nitrogen and oxygen atoms in total. The highest BCUT2D eigenvalue weighted by atomic mass is 15.0. The van der Waals surface area contributed by atoms with E-state index in [1.807, 2.05) is 6.08 Å². The van der Waals surface area contributed by atoms with Crippen molar-refractivity contribution >= 4 is 0 Å². The summed E-state index contributed by atoms with van der Waals surface area (Å²) in [6.07, 6.45) is 4.55. The Morgan fingerprint density at radius 2 is 2.71 bits per heavy atom. The lowest BCUT2D eigenvalue weighted by atomic mass is 10.3. The smallest absolute Gasteiger partial charge is 0.0999 e. The topological polar surface area (TPSA) is 36.2 Å². The molecule has 0 aromatic rings. The molecule has 1 atom stereocenters. The van der Waals surface area contributed by atoms with Crippen LogP contribution in [-0.4, -0.2) is 6.04 Å². The second-order valence-electron chi connectivity index (χ2n) is 1.47. The predicted molar refractivity (Wildman–Crippen MR) is 26.2 cm³/mol. The zero-order valence-electron chi connectivity index (χ0n) is 3.89. The Morgan fingerprint density at radius 1 is 1.86 bits per heavy atom. The first-order chi connectivity index (χ1) is 3.43. The molecule has 7 heavy (non-hydrogen) atoms. The minimum Gasteiger partial charge on any atom is -0.209 e. The first-order valence-corrected chi connectivity index (χ1v) is 2.21. The highest BCUT2D eigenvalue weighted by molar-refractivity contribution is 5.03. The second kappa shape index (κ2) is 1.71. The fourth-order valence-electron chi connectivity index (χ4n) is 0.526. The van der Waals surface area contributed by atoms with Crippen molar-refractivity contribution in [3.8, 4) is 0 Å². The largest absolute Gasteiger partial charge is 0.209 e. The van der Waals surface area contributed by atoms with E-state index in [4.69, 9.17) is 5.53 Å². The zero-order valence-corrected chi connectivity index (χ0v) is 3.89. The summed E-state index contributed by atoms with van der Waals surface area (Å²) in [5.74, 6) is 0. The second-order valence-corrected chi connectivity index (χ2v) is 1.47. The molecule has 1 aliphatic carbocycles. The van der Waals surface area contributed by atoms with Crippen LogP contribution < -0.4 is 0 Å². The standard InChI is InChI=1S/C5H6N2/c6-7-5-3-1-2-4-5/h1,4-6H,3H2/t5-/m1/s1. The van der Waals surface area contributed by atoms with Gasteiger partial charge in [-0.2, -0.15) is 5.11 Å². The van der Waals surface area contributed by atoms with E-state index < -0.39 is 0 Å². The molecule has 36 valence electrons. The fourth-order valence-corrected chi connectivity index (χ4v) is 0.526. The number of hydrogen-bond donors (Lipinski definition) is 1. The van der Waals surface area contributed by atoms with Crippen molar-refractivity contribution in [2.45, 2.75) is 12.5 Å². The van der Waals surface area contributed by atoms with Crippen molar-refractivity contribution in [1.82, 2.24) is 0 Å². The number of rotatable bonds is 1. The Labute approximate surface area is 42.1 Å². The normalized spacial score (nSPS) is 26.0. The molecular formula is C5H6N2. The van der Waals surface area contributed by atoms with Crippen LogP contribution in [0.25, 0.3) is 0 Å². The van der Waals surface area contributed by atoms with Crippen molar-refractivity contribution in [2.24, 2.45) is 5.11 Å². The van der Waals surface area contributed by atoms with E-state index in [9.17, 15) is 0 Å². The summed E-state index contributed by atoms with van der Waals surface area (Å²) >= 11 is 0. The maximum absolute atomic E-state index is 6.53. The molecule has 0 spiro atoms. The molecule has 0 unspecified atom stereocenters. The van der Waals surface area contributed by atoms with E-state index in [1.54, 1.807) is 6.08 Å². The summed E-state index contributed by atoms with van der Waals surface area (Å²) in [7, 11) is 0. The first-order valence-electron chi connectivity index (χ1n) is 2.21. The van der Waals surface area contributed by atoms with Crippen molar-refractivity contribution in [3.05, 3.63) is 17.9 Å². The SMILES string of the molecule is N=N[C@H]1C=C=CC1. The van der Waals surface area contributed by atoms with E-state index >= 15 is 0 Å². The van der Waals surface area contributed by atoms with Gasteiger partial charge >= 0.3 is 0 Å². The van der Waals surface area contributed by atoms with Gasteiger partial charge in [0.15, 0.2) is 0 Å². The van der Waals surface area contributed by atoms with Crippen LogP contribution in [0.5, 0.6) is 0 Å². The minimum atomic E-state index is 0.0972. The van der Waals surface area contributed by atoms with Gasteiger partial charge in [-0.1, -0.05) is 0 Å². The average molecular weight is 94.1 g/mol. The third-order valence-corrected chi connectivity index (χ3v) is 0.932. The van der Waals surface area contributed by atoms with E-state index in [0.717, 1.165) is 6.42 Å². The van der Waals surface area contributed by atoms with Gasteiger partial charge in [0.25, 0.3) is 0 Å². The maximum atomic E-state index is 6.53. The Hall–Kier alpha value is -0.880. The van der Waals surface area contributed by atoms with Crippen LogP contribution in [0.1, 0.15) is 6.42 Å². The van der Waals surface area contributed by atoms with Gasteiger partial charge in [0, 0.05) is 6.42 Å². The molecule has 0 aromatic carbocycles. The molecule has 1 N–H and O–H groups in total. The quantitative estimate of drug-likeness (QED) is 0.377. The Kier molecular flexibility index (Phi) is 1.05. The lowest BCUT2D eigenvalue weighted by Crippen LogP contribution is -1.89. The molecule has 0 heterocycles. The van der Waals surface area contributed by atoms with Crippen molar-refractivity contribution in [1.29, 1.82) is 5.53 Å². The first kappa shape index (κ1) is 4.28. The van der Waals surface area contributed by atoms with Crippen LogP contribution in [0.15, 0.2) is 23.0 Å². The predicted octanol–water partition coefficient (Wildman–Crippen LogP) is 1.50. The van der Waals surface area contributed by atoms with Crippen molar-refractivity contribution < 1.29 is 0 Å². The summed E-state index contributed by atoms with van der Waals surface area (Å²) in [6, 6.07) is 0.0972. The van der Waals surface area contributed by atoms with Crippen molar-refractivity contribution in [2.75, 3.05) is 0 Å². The molecule has 0 saturated carbocycles. The number of nitrogens with one attached hydrogen (secondary N) is 1. The van der Waals surface area contributed by atoms with Crippen LogP contribution in [0.2, 0.25) is 0 Å². The van der Waals surface area contributed by atoms with Gasteiger partial charge in [-0.05, 0) is 12.2 Å². The van der Waals surface area contributed by atoms with E-state index in [-0.39, 0.29) is 6.04 Å². The molecule has 0 saturated heterocycles. The summed E-state index contributed by atoms with van der Waals surface area (Å²) in [5.41, 5.74) is 9.39. The number of nitrogens with zero attached hydrogens (tertiary/aromatic N) is 1. The van der Waals surface area contributed by atoms with Crippen molar-refractivity contribution in [3.63, 3.8) is 0 Å². The van der Waals surface area contributed by atoms with Crippen LogP contribution in [0.3, 0.4) is 0 Å². The summed E-state index contributed by atoms with van der Waals surface area (Å²) in [5, 5.41) is 3.29. The van der Waals surface area contributed by atoms with E-state index in [2.05, 4.69) is 10.8 Å². The minimum absolute atomic E-state index is 0.0972. The highest BCUT2D eigenvalue weighted by Gasteiger charge is 2.00. The van der Waals surface area contributed by atoms with E-state index in [1.165, 1.54) is 0 Å². The Balaban J connectivity index is 2.52. The van der Waals surface area contributed by atoms with Gasteiger partial charge < -0.3 is 0 Å². The van der Waals surface area contributed by atoms with Gasteiger partial charge in [0.2, 0.25) is 0 Å². The average Bonchev–Trinajstić information content (AvgIpc) is 2.14. The lowest BCUT2D eigenvalue weighted by Gasteiger charge is -1.89. The van der Waals surface area contributed by atoms with Gasteiger partial charge in [-0.15, -0.1) is 5.73 Å². The molecule has 1 rings (SSSR count). The van der Waals surface area contributed by atoms with Crippen LogP contribution in [0.4, 0.5) is 0 Å². The maximum Gasteiger partial charge on any atom is 0.0999 e. The third kappa shape index (κ3) is 0.756. The molecule has 0 amide bonds. The van der Waals surface area contributed by atoms with Crippen LogP contribution in [0, 0.1) is 5.53 Å². The highest BCUT2D eigenvalue weighted by Crippen LogP contribution is 2.04. The van der Waals surface area contributed by atoms with E-state index in [0.29, 0.717) is 0 Å². The van der Waals surface area contributed by atoms with Gasteiger partial charge in [-0.25, -0.2) is 5.53 Å². The molecule has 0 radical (unpaired) electrons. The summed E-state index contributed by atoms with van der Waals surface area (Å²) < 4.78 is 0. The van der Waals surface area contributed by atoms with Gasteiger partial charge in [0.1, 0.15) is 0 Å². The summed E-state index contributed by atoms with van der Waals surface area (Å²) in [6.45, 7) is 0. The number of hydrogen-bond acceptors (Lipinski definition) is 2.